The van der Waals surface area contributed by atoms with Crippen LogP contribution in [0.2, 0.25) is 0 Å². The number of benzene rings is 2. The monoisotopic (exact) mass is 363 g/mol. The zero-order valence-electron chi connectivity index (χ0n) is 14.9. The summed E-state index contributed by atoms with van der Waals surface area (Å²) in [5.41, 5.74) is 2.93. The molecule has 0 saturated heterocycles. The van der Waals surface area contributed by atoms with Crippen LogP contribution in [0.5, 0.6) is 0 Å². The van der Waals surface area contributed by atoms with Gasteiger partial charge in [0.15, 0.2) is 0 Å². The van der Waals surface area contributed by atoms with Crippen LogP contribution < -0.4 is 5.32 Å². The van der Waals surface area contributed by atoms with E-state index in [1.165, 1.54) is 11.1 Å². The van der Waals surface area contributed by atoms with E-state index in [4.69, 9.17) is 4.74 Å². The quantitative estimate of drug-likeness (QED) is 0.786. The highest BCUT2D eigenvalue weighted by atomic mass is 19.4. The average Bonchev–Trinajstić information content (AvgIpc) is 2.62. The third-order valence-corrected chi connectivity index (χ3v) is 4.85. The summed E-state index contributed by atoms with van der Waals surface area (Å²) in [6.07, 6.45) is -1.63. The van der Waals surface area contributed by atoms with Gasteiger partial charge in [-0.05, 0) is 61.6 Å². The van der Waals surface area contributed by atoms with E-state index in [9.17, 15) is 13.2 Å². The molecule has 0 aliphatic carbocycles. The van der Waals surface area contributed by atoms with Crippen LogP contribution in [0, 0.1) is 0 Å². The summed E-state index contributed by atoms with van der Waals surface area (Å²) in [5.74, 6) is 0. The van der Waals surface area contributed by atoms with E-state index >= 15 is 0 Å². The van der Waals surface area contributed by atoms with E-state index in [2.05, 4.69) is 30.4 Å². The standard InChI is InChI=1S/C21H24F3NO/c1-15(14-20-19-5-3-2-4-17(19)11-13-26-20)25-12-10-16-6-8-18(9-7-16)21(22,23)24/h2-9,15,20,25H,10-14H2,1H3. The van der Waals surface area contributed by atoms with Gasteiger partial charge in [0.05, 0.1) is 18.3 Å². The highest BCUT2D eigenvalue weighted by molar-refractivity contribution is 5.31. The Bertz CT molecular complexity index is 712. The van der Waals surface area contributed by atoms with Crippen LogP contribution in [-0.2, 0) is 23.8 Å². The Morgan fingerprint density at radius 2 is 1.85 bits per heavy atom. The summed E-state index contributed by atoms with van der Waals surface area (Å²) >= 11 is 0. The fourth-order valence-electron chi connectivity index (χ4n) is 3.40. The first-order valence-electron chi connectivity index (χ1n) is 9.02. The molecule has 1 aliphatic rings. The molecule has 1 aliphatic heterocycles. The summed E-state index contributed by atoms with van der Waals surface area (Å²) in [7, 11) is 0. The molecule has 2 unspecified atom stereocenters. The molecule has 1 heterocycles. The maximum Gasteiger partial charge on any atom is 0.416 e. The highest BCUT2D eigenvalue weighted by Gasteiger charge is 2.29. The zero-order valence-corrected chi connectivity index (χ0v) is 14.9. The molecule has 2 aromatic rings. The van der Waals surface area contributed by atoms with Gasteiger partial charge in [0, 0.05) is 6.04 Å². The molecule has 140 valence electrons. The molecule has 0 radical (unpaired) electrons. The SMILES string of the molecule is CC(CC1OCCc2ccccc21)NCCc1ccc(C(F)(F)F)cc1. The molecule has 0 amide bonds. The number of rotatable bonds is 6. The van der Waals surface area contributed by atoms with Gasteiger partial charge in [-0.25, -0.2) is 0 Å². The van der Waals surface area contributed by atoms with Gasteiger partial charge in [0.2, 0.25) is 0 Å². The van der Waals surface area contributed by atoms with Crippen molar-refractivity contribution < 1.29 is 17.9 Å². The van der Waals surface area contributed by atoms with Crippen molar-refractivity contribution in [1.82, 2.24) is 5.32 Å². The Labute approximate surface area is 152 Å². The van der Waals surface area contributed by atoms with E-state index in [0.29, 0.717) is 6.42 Å². The molecule has 3 rings (SSSR count). The van der Waals surface area contributed by atoms with Crippen LogP contribution in [0.25, 0.3) is 0 Å². The Balaban J connectivity index is 1.47. The Hall–Kier alpha value is -1.85. The molecular formula is C21H24F3NO. The third kappa shape index (κ3) is 4.86. The smallest absolute Gasteiger partial charge is 0.373 e. The topological polar surface area (TPSA) is 21.3 Å². The van der Waals surface area contributed by atoms with Crippen molar-refractivity contribution >= 4 is 0 Å². The molecule has 1 N–H and O–H groups in total. The maximum absolute atomic E-state index is 12.6. The molecule has 26 heavy (non-hydrogen) atoms. The van der Waals surface area contributed by atoms with Gasteiger partial charge in [-0.3, -0.25) is 0 Å². The Morgan fingerprint density at radius 1 is 1.12 bits per heavy atom. The van der Waals surface area contributed by atoms with Gasteiger partial charge in [-0.15, -0.1) is 0 Å². The van der Waals surface area contributed by atoms with E-state index in [-0.39, 0.29) is 12.1 Å². The average molecular weight is 363 g/mol. The largest absolute Gasteiger partial charge is 0.416 e. The van der Waals surface area contributed by atoms with Gasteiger partial charge < -0.3 is 10.1 Å². The van der Waals surface area contributed by atoms with E-state index in [1.807, 2.05) is 6.07 Å². The first-order chi connectivity index (χ1) is 12.4. The van der Waals surface area contributed by atoms with Crippen molar-refractivity contribution in [3.05, 3.63) is 70.8 Å². The van der Waals surface area contributed by atoms with Gasteiger partial charge in [0.25, 0.3) is 0 Å². The van der Waals surface area contributed by atoms with Crippen molar-refractivity contribution in [3.63, 3.8) is 0 Å². The second-order valence-electron chi connectivity index (χ2n) is 6.84. The summed E-state index contributed by atoms with van der Waals surface area (Å²) in [5, 5.41) is 3.45. The molecule has 0 spiro atoms. The second kappa shape index (κ2) is 8.23. The van der Waals surface area contributed by atoms with Gasteiger partial charge in [0.1, 0.15) is 0 Å². The summed E-state index contributed by atoms with van der Waals surface area (Å²) in [6.45, 7) is 3.59. The number of alkyl halides is 3. The number of hydrogen-bond acceptors (Lipinski definition) is 2. The molecule has 0 fully saturated rings. The minimum Gasteiger partial charge on any atom is -0.373 e. The van der Waals surface area contributed by atoms with Crippen molar-refractivity contribution in [1.29, 1.82) is 0 Å². The lowest BCUT2D eigenvalue weighted by Gasteiger charge is -2.28. The molecular weight excluding hydrogens is 339 g/mol. The summed E-state index contributed by atoms with van der Waals surface area (Å²) < 4.78 is 43.7. The van der Waals surface area contributed by atoms with Crippen molar-refractivity contribution in [2.75, 3.05) is 13.2 Å². The van der Waals surface area contributed by atoms with Gasteiger partial charge in [-0.1, -0.05) is 36.4 Å². The lowest BCUT2D eigenvalue weighted by molar-refractivity contribution is -0.137. The van der Waals surface area contributed by atoms with Crippen molar-refractivity contribution in [3.8, 4) is 0 Å². The molecule has 0 bridgehead atoms. The Morgan fingerprint density at radius 3 is 2.58 bits per heavy atom. The molecule has 5 heteroatoms. The van der Waals surface area contributed by atoms with E-state index < -0.39 is 11.7 Å². The Kier molecular flexibility index (Phi) is 5.99. The van der Waals surface area contributed by atoms with Crippen LogP contribution in [0.1, 0.15) is 41.7 Å². The fraction of sp³-hybridized carbons (Fsp3) is 0.429. The molecule has 2 nitrogen and oxygen atoms in total. The predicted octanol–water partition coefficient (Wildman–Crippen LogP) is 4.93. The minimum atomic E-state index is -4.28. The number of ether oxygens (including phenoxy) is 1. The van der Waals surface area contributed by atoms with Crippen molar-refractivity contribution in [2.45, 2.75) is 44.5 Å². The third-order valence-electron chi connectivity index (χ3n) is 4.85. The fourth-order valence-corrected chi connectivity index (χ4v) is 3.40. The normalized spacial score (nSPS) is 18.4. The van der Waals surface area contributed by atoms with Gasteiger partial charge >= 0.3 is 6.18 Å². The molecule has 0 saturated carbocycles. The lowest BCUT2D eigenvalue weighted by atomic mass is 9.94. The lowest BCUT2D eigenvalue weighted by Crippen LogP contribution is -2.31. The van der Waals surface area contributed by atoms with Crippen LogP contribution in [0.4, 0.5) is 13.2 Å². The van der Waals surface area contributed by atoms with Crippen LogP contribution in [-0.4, -0.2) is 19.2 Å². The molecule has 0 aromatic heterocycles. The van der Waals surface area contributed by atoms with Crippen LogP contribution in [0.3, 0.4) is 0 Å². The number of hydrogen-bond donors (Lipinski definition) is 1. The highest BCUT2D eigenvalue weighted by Crippen LogP contribution is 2.31. The zero-order chi connectivity index (χ0) is 18.6. The van der Waals surface area contributed by atoms with E-state index in [0.717, 1.165) is 43.7 Å². The van der Waals surface area contributed by atoms with Crippen LogP contribution in [0.15, 0.2) is 48.5 Å². The number of halogens is 3. The predicted molar refractivity (Wildman–Crippen MR) is 96.1 cm³/mol. The second-order valence-corrected chi connectivity index (χ2v) is 6.84. The van der Waals surface area contributed by atoms with Crippen molar-refractivity contribution in [2.24, 2.45) is 0 Å². The number of fused-ring (bicyclic) bond motifs is 1. The summed E-state index contributed by atoms with van der Waals surface area (Å²) in [6, 6.07) is 14.1. The van der Waals surface area contributed by atoms with E-state index in [1.54, 1.807) is 12.1 Å². The van der Waals surface area contributed by atoms with Gasteiger partial charge in [-0.2, -0.15) is 13.2 Å². The maximum atomic E-state index is 12.6. The minimum absolute atomic E-state index is 0.105. The first kappa shape index (κ1) is 18.9. The first-order valence-corrected chi connectivity index (χ1v) is 9.02. The van der Waals surface area contributed by atoms with Crippen LogP contribution >= 0.6 is 0 Å². The summed E-state index contributed by atoms with van der Waals surface area (Å²) in [4.78, 5) is 0. The molecule has 2 aromatic carbocycles. The molecule has 2 atom stereocenters. The number of nitrogens with one attached hydrogen (secondary N) is 1.